The number of hydrogen-bond donors (Lipinski definition) is 0. The van der Waals surface area contributed by atoms with Crippen molar-refractivity contribution in [3.05, 3.63) is 57.3 Å². The third-order valence-corrected chi connectivity index (χ3v) is 7.09. The molecule has 2 aliphatic carbocycles. The van der Waals surface area contributed by atoms with Crippen molar-refractivity contribution in [2.24, 2.45) is 23.7 Å². The number of carbonyl (C=O) groups is 2. The molecule has 2 bridgehead atoms. The van der Waals surface area contributed by atoms with E-state index in [1.165, 1.54) is 4.90 Å². The smallest absolute Gasteiger partial charge is 0.238 e. The predicted octanol–water partition coefficient (Wildman–Crippen LogP) is 4.17. The summed E-state index contributed by atoms with van der Waals surface area (Å²) in [6.45, 7) is 4.23. The summed E-state index contributed by atoms with van der Waals surface area (Å²) in [5, 5.41) is 5.59. The number of rotatable bonds is 3. The van der Waals surface area contributed by atoms with Crippen molar-refractivity contribution >= 4 is 40.7 Å². The lowest BCUT2D eigenvalue weighted by Crippen LogP contribution is -2.33. The normalized spacial score (nSPS) is 27.9. The van der Waals surface area contributed by atoms with Crippen LogP contribution in [-0.2, 0) is 16.1 Å². The second kappa shape index (κ2) is 6.19. The van der Waals surface area contributed by atoms with Crippen LogP contribution in [0.4, 0.5) is 5.69 Å². The molecule has 2 fully saturated rings. The second-order valence-corrected chi connectivity index (χ2v) is 8.75. The molecule has 2 aromatic rings. The second-order valence-electron chi connectivity index (χ2n) is 7.94. The average molecular weight is 416 g/mol. The van der Waals surface area contributed by atoms with Crippen molar-refractivity contribution in [3.63, 3.8) is 0 Å². The third-order valence-electron chi connectivity index (χ3n) is 6.35. The molecule has 1 saturated carbocycles. The fourth-order valence-corrected chi connectivity index (χ4v) is 5.42. The SMILES string of the molecule is Cc1nn(Cc2ccc(Cl)c(Cl)c2)c(C)c1N1C(=O)[C@@H]2[C@H](C1=O)[C@H]1C=C[C@H]2C1. The lowest BCUT2D eigenvalue weighted by molar-refractivity contribution is -0.123. The Balaban J connectivity index is 1.49. The van der Waals surface area contributed by atoms with Crippen molar-refractivity contribution in [3.8, 4) is 0 Å². The summed E-state index contributed by atoms with van der Waals surface area (Å²) in [6, 6.07) is 5.45. The topological polar surface area (TPSA) is 55.2 Å². The first kappa shape index (κ1) is 18.0. The highest BCUT2D eigenvalue weighted by atomic mass is 35.5. The fourth-order valence-electron chi connectivity index (χ4n) is 5.10. The largest absolute Gasteiger partial charge is 0.274 e. The van der Waals surface area contributed by atoms with Gasteiger partial charge in [0.2, 0.25) is 11.8 Å². The number of aryl methyl sites for hydroxylation is 1. The van der Waals surface area contributed by atoms with Crippen LogP contribution in [0.5, 0.6) is 0 Å². The summed E-state index contributed by atoms with van der Waals surface area (Å²) >= 11 is 12.1. The van der Waals surface area contributed by atoms with Gasteiger partial charge < -0.3 is 0 Å². The maximum atomic E-state index is 13.1. The monoisotopic (exact) mass is 415 g/mol. The highest BCUT2D eigenvalue weighted by Crippen LogP contribution is 2.53. The van der Waals surface area contributed by atoms with Crippen molar-refractivity contribution in [2.75, 3.05) is 4.90 Å². The predicted molar refractivity (Wildman–Crippen MR) is 107 cm³/mol. The summed E-state index contributed by atoms with van der Waals surface area (Å²) in [5.41, 5.74) is 3.05. The summed E-state index contributed by atoms with van der Waals surface area (Å²) in [6.07, 6.45) is 5.14. The van der Waals surface area contributed by atoms with E-state index in [2.05, 4.69) is 17.3 Å². The van der Waals surface area contributed by atoms with Crippen molar-refractivity contribution in [1.29, 1.82) is 0 Å². The van der Waals surface area contributed by atoms with Crippen molar-refractivity contribution < 1.29 is 9.59 Å². The molecule has 5 rings (SSSR count). The van der Waals surface area contributed by atoms with E-state index in [-0.39, 0.29) is 35.5 Å². The zero-order valence-electron chi connectivity index (χ0n) is 15.5. The van der Waals surface area contributed by atoms with Gasteiger partial charge in [0.25, 0.3) is 0 Å². The maximum absolute atomic E-state index is 13.1. The minimum absolute atomic E-state index is 0.0767. The first-order valence-electron chi connectivity index (χ1n) is 9.41. The Hall–Kier alpha value is -2.11. The molecular formula is C21H19Cl2N3O2. The van der Waals surface area contributed by atoms with Gasteiger partial charge in [-0.15, -0.1) is 0 Å². The summed E-state index contributed by atoms with van der Waals surface area (Å²) in [7, 11) is 0. The molecule has 28 heavy (non-hydrogen) atoms. The van der Waals surface area contributed by atoms with E-state index in [4.69, 9.17) is 23.2 Å². The Kier molecular flexibility index (Phi) is 3.97. The Morgan fingerprint density at radius 2 is 1.68 bits per heavy atom. The number of amides is 2. The van der Waals surface area contributed by atoms with E-state index < -0.39 is 0 Å². The Morgan fingerprint density at radius 1 is 1.04 bits per heavy atom. The molecule has 3 aliphatic rings. The van der Waals surface area contributed by atoms with Gasteiger partial charge in [0, 0.05) is 0 Å². The van der Waals surface area contributed by atoms with Crippen LogP contribution in [0, 0.1) is 37.5 Å². The van der Waals surface area contributed by atoms with E-state index in [0.717, 1.165) is 17.7 Å². The highest BCUT2D eigenvalue weighted by molar-refractivity contribution is 6.42. The van der Waals surface area contributed by atoms with Crippen molar-refractivity contribution in [1.82, 2.24) is 9.78 Å². The standard InChI is InChI=1S/C21H19Cl2N3O2/c1-10-19(11(2)25(24-10)9-12-3-6-15(22)16(23)7-12)26-20(27)17-13-4-5-14(8-13)18(17)21(26)28/h3-7,13-14,17-18H,8-9H2,1-2H3/t13-,14-,17-,18+/m0/s1. The zero-order valence-corrected chi connectivity index (χ0v) is 17.0. The lowest BCUT2D eigenvalue weighted by Gasteiger charge is -2.18. The van der Waals surface area contributed by atoms with Gasteiger partial charge in [-0.2, -0.15) is 5.10 Å². The quantitative estimate of drug-likeness (QED) is 0.558. The van der Waals surface area contributed by atoms with E-state index in [9.17, 15) is 9.59 Å². The van der Waals surface area contributed by atoms with E-state index in [1.54, 1.807) is 12.1 Å². The molecule has 2 amide bonds. The van der Waals surface area contributed by atoms with Gasteiger partial charge in [-0.05, 0) is 49.8 Å². The molecule has 144 valence electrons. The molecule has 0 spiro atoms. The van der Waals surface area contributed by atoms with Crippen LogP contribution in [0.25, 0.3) is 0 Å². The minimum Gasteiger partial charge on any atom is -0.274 e. The van der Waals surface area contributed by atoms with E-state index in [1.807, 2.05) is 24.6 Å². The van der Waals surface area contributed by atoms with Crippen LogP contribution in [0.3, 0.4) is 0 Å². The number of benzene rings is 1. The molecule has 1 saturated heterocycles. The van der Waals surface area contributed by atoms with Gasteiger partial charge in [-0.25, -0.2) is 4.90 Å². The molecule has 1 aromatic carbocycles. The molecule has 2 heterocycles. The fraction of sp³-hybridized carbons (Fsp3) is 0.381. The summed E-state index contributed by atoms with van der Waals surface area (Å²) in [4.78, 5) is 27.7. The number of hydrogen-bond acceptors (Lipinski definition) is 3. The molecule has 0 N–H and O–H groups in total. The number of anilines is 1. The molecule has 0 radical (unpaired) electrons. The molecular weight excluding hydrogens is 397 g/mol. The van der Waals surface area contributed by atoms with Crippen molar-refractivity contribution in [2.45, 2.75) is 26.8 Å². The van der Waals surface area contributed by atoms with Crippen LogP contribution in [-0.4, -0.2) is 21.6 Å². The van der Waals surface area contributed by atoms with Gasteiger partial charge in [-0.1, -0.05) is 41.4 Å². The van der Waals surface area contributed by atoms with Gasteiger partial charge in [-0.3, -0.25) is 14.3 Å². The van der Waals surface area contributed by atoms with Gasteiger partial charge in [0.15, 0.2) is 0 Å². The number of carbonyl (C=O) groups excluding carboxylic acids is 2. The van der Waals surface area contributed by atoms with Crippen LogP contribution >= 0.6 is 23.2 Å². The third kappa shape index (κ3) is 2.42. The molecule has 7 heteroatoms. The maximum Gasteiger partial charge on any atom is 0.238 e. The average Bonchev–Trinajstić information content (AvgIpc) is 3.38. The lowest BCUT2D eigenvalue weighted by atomic mass is 9.85. The Bertz CT molecular complexity index is 1030. The number of fused-ring (bicyclic) bond motifs is 5. The zero-order chi connectivity index (χ0) is 19.7. The Morgan fingerprint density at radius 3 is 2.29 bits per heavy atom. The Labute approximate surface area is 172 Å². The number of aromatic nitrogens is 2. The first-order chi connectivity index (χ1) is 13.4. The number of halogens is 2. The molecule has 4 atom stereocenters. The number of allylic oxidation sites excluding steroid dienone is 2. The van der Waals surface area contributed by atoms with Crippen LogP contribution in [0.1, 0.15) is 23.4 Å². The van der Waals surface area contributed by atoms with E-state index >= 15 is 0 Å². The first-order valence-corrected chi connectivity index (χ1v) is 10.2. The summed E-state index contributed by atoms with van der Waals surface area (Å²) < 4.78 is 1.81. The van der Waals surface area contributed by atoms with Crippen LogP contribution < -0.4 is 4.90 Å². The highest BCUT2D eigenvalue weighted by Gasteiger charge is 2.60. The molecule has 0 unspecified atom stereocenters. The van der Waals surface area contributed by atoms with Gasteiger partial charge in [0.1, 0.15) is 0 Å². The van der Waals surface area contributed by atoms with Gasteiger partial charge in [0.05, 0.1) is 45.5 Å². The number of nitrogens with zero attached hydrogens (tertiary/aromatic N) is 3. The van der Waals surface area contributed by atoms with Crippen LogP contribution in [0.15, 0.2) is 30.4 Å². The molecule has 5 nitrogen and oxygen atoms in total. The molecule has 1 aliphatic heterocycles. The van der Waals surface area contributed by atoms with Gasteiger partial charge >= 0.3 is 0 Å². The number of imide groups is 1. The summed E-state index contributed by atoms with van der Waals surface area (Å²) in [5.74, 6) is -0.176. The minimum atomic E-state index is -0.209. The van der Waals surface area contributed by atoms with E-state index in [0.29, 0.717) is 28.0 Å². The molecule has 1 aromatic heterocycles. The van der Waals surface area contributed by atoms with Crippen LogP contribution in [0.2, 0.25) is 10.0 Å².